The molecular weight excluding hydrogens is 831 g/mol. The minimum absolute atomic E-state index is 0.0249. The van der Waals surface area contributed by atoms with Crippen LogP contribution in [0.25, 0.3) is 21.5 Å². The van der Waals surface area contributed by atoms with E-state index in [0.29, 0.717) is 23.0 Å². The Kier molecular flexibility index (Phi) is 10.5. The molecule has 0 bridgehead atoms. The molecule has 0 spiro atoms. The number of nitrogens with one attached hydrogen (secondary N) is 1. The van der Waals surface area contributed by atoms with Crippen molar-refractivity contribution in [1.82, 2.24) is 0 Å². The summed E-state index contributed by atoms with van der Waals surface area (Å²) >= 11 is 0. The van der Waals surface area contributed by atoms with Crippen LogP contribution in [0.5, 0.6) is 5.75 Å². The SMILES string of the molecule is Cc1cc(NC(=O)c2ccc(/N=N/c3c(O)c(S(=O)(=O)O)cc4cc(S(=O)(=O)O)ccc34)cc2)ccc1/N=N/c1ccc2cc(S(=O)(=O)O)cc(S(=O)(=O)O)c2c1. The molecule has 0 aliphatic heterocycles. The number of hydrogen-bond acceptors (Lipinski definition) is 14. The Labute approximate surface area is 323 Å². The van der Waals surface area contributed by atoms with Gasteiger partial charge >= 0.3 is 0 Å². The highest BCUT2D eigenvalue weighted by atomic mass is 32.2. The van der Waals surface area contributed by atoms with Gasteiger partial charge in [-0.2, -0.15) is 49.0 Å². The van der Waals surface area contributed by atoms with Gasteiger partial charge in [0.15, 0.2) is 5.75 Å². The highest BCUT2D eigenvalue weighted by Crippen LogP contribution is 2.42. The number of nitrogens with zero attached hydrogens (tertiary/aromatic N) is 4. The number of hydrogen-bond donors (Lipinski definition) is 6. The standard InChI is InChI=1S/C34H25N5O14S4/c1-18-12-23(8-11-29(18)38-37-24-7-4-20-13-26(55(45,46)47)17-30(28(20)16-24)56(48,49)50)35-34(41)19-2-5-22(6-3-19)36-39-32-27-10-9-25(54(42,43)44)14-21(27)15-31(33(32)40)57(51,52)53/h2-17,40H,1H3,(H,35,41)(H,42,43,44)(H,45,46,47)(H,48,49,50)(H,51,52,53)/b38-37+,39-36+. The fourth-order valence-corrected chi connectivity index (χ4v) is 7.93. The number of phenolic OH excluding ortho intramolecular Hbond substituents is 1. The van der Waals surface area contributed by atoms with E-state index in [4.69, 9.17) is 0 Å². The summed E-state index contributed by atoms with van der Waals surface area (Å²) in [5.41, 5.74) is 1.31. The lowest BCUT2D eigenvalue weighted by Gasteiger charge is -2.10. The first-order chi connectivity index (χ1) is 26.5. The average molecular weight is 856 g/mol. The molecule has 0 aliphatic rings. The van der Waals surface area contributed by atoms with Gasteiger partial charge in [0.05, 0.1) is 26.9 Å². The van der Waals surface area contributed by atoms with Crippen molar-refractivity contribution in [2.24, 2.45) is 20.5 Å². The zero-order chi connectivity index (χ0) is 41.7. The second-order valence-corrected chi connectivity index (χ2v) is 17.7. The van der Waals surface area contributed by atoms with Crippen molar-refractivity contribution in [1.29, 1.82) is 0 Å². The van der Waals surface area contributed by atoms with E-state index in [1.54, 1.807) is 19.1 Å². The monoisotopic (exact) mass is 855 g/mol. The summed E-state index contributed by atoms with van der Waals surface area (Å²) in [6.07, 6.45) is 0. The minimum atomic E-state index is -5.02. The molecule has 0 saturated heterocycles. The Morgan fingerprint density at radius 3 is 1.77 bits per heavy atom. The molecule has 0 saturated carbocycles. The second kappa shape index (κ2) is 14.8. The maximum absolute atomic E-state index is 13.0. The molecule has 0 aliphatic carbocycles. The third kappa shape index (κ3) is 9.00. The molecule has 0 unspecified atom stereocenters. The van der Waals surface area contributed by atoms with E-state index >= 15 is 0 Å². The van der Waals surface area contributed by atoms with Gasteiger partial charge in [0.2, 0.25) is 0 Å². The third-order valence-corrected chi connectivity index (χ3v) is 11.6. The zero-order valence-corrected chi connectivity index (χ0v) is 31.8. The van der Waals surface area contributed by atoms with Crippen molar-refractivity contribution >= 4 is 96.4 Å². The maximum Gasteiger partial charge on any atom is 0.298 e. The number of carbonyl (C=O) groups is 1. The molecule has 23 heteroatoms. The van der Waals surface area contributed by atoms with Gasteiger partial charge in [-0.05, 0) is 108 Å². The lowest BCUT2D eigenvalue weighted by Crippen LogP contribution is -2.11. The molecule has 1 amide bonds. The van der Waals surface area contributed by atoms with Gasteiger partial charge in [-0.1, -0.05) is 12.1 Å². The van der Waals surface area contributed by atoms with E-state index in [1.807, 2.05) is 0 Å². The normalized spacial score (nSPS) is 12.9. The van der Waals surface area contributed by atoms with Gasteiger partial charge in [-0.3, -0.25) is 23.0 Å². The van der Waals surface area contributed by atoms with Crippen molar-refractivity contribution < 1.29 is 61.8 Å². The van der Waals surface area contributed by atoms with Crippen LogP contribution in [0.4, 0.5) is 28.4 Å². The highest BCUT2D eigenvalue weighted by Gasteiger charge is 2.24. The van der Waals surface area contributed by atoms with E-state index < -0.39 is 77.4 Å². The summed E-state index contributed by atoms with van der Waals surface area (Å²) in [6.45, 7) is 1.68. The number of amides is 1. The smallest absolute Gasteiger partial charge is 0.298 e. The molecule has 0 atom stereocenters. The maximum atomic E-state index is 13.0. The lowest BCUT2D eigenvalue weighted by atomic mass is 10.1. The Morgan fingerprint density at radius 1 is 0.544 bits per heavy atom. The Bertz CT molecular complexity index is 3190. The van der Waals surface area contributed by atoms with Gasteiger partial charge in [-0.25, -0.2) is 0 Å². The number of benzene rings is 6. The number of rotatable bonds is 10. The van der Waals surface area contributed by atoms with E-state index in [-0.39, 0.29) is 38.5 Å². The summed E-state index contributed by atoms with van der Waals surface area (Å²) in [6, 6.07) is 19.7. The second-order valence-electron chi connectivity index (χ2n) is 12.1. The predicted molar refractivity (Wildman–Crippen MR) is 203 cm³/mol. The van der Waals surface area contributed by atoms with Crippen LogP contribution in [0.1, 0.15) is 15.9 Å². The van der Waals surface area contributed by atoms with Gasteiger partial charge in [0.25, 0.3) is 46.4 Å². The summed E-state index contributed by atoms with van der Waals surface area (Å²) < 4.78 is 132. The fraction of sp³-hybridized carbons (Fsp3) is 0.0294. The summed E-state index contributed by atoms with van der Waals surface area (Å²) in [7, 11) is -19.4. The number of azo groups is 2. The van der Waals surface area contributed by atoms with Gasteiger partial charge in [-0.15, -0.1) is 5.11 Å². The molecular formula is C34H25N5O14S4. The fourth-order valence-electron chi connectivity index (χ4n) is 5.45. The molecule has 6 N–H and O–H groups in total. The van der Waals surface area contributed by atoms with Crippen LogP contribution in [0, 0.1) is 6.92 Å². The number of fused-ring (bicyclic) bond motifs is 2. The van der Waals surface area contributed by atoms with Crippen LogP contribution in [-0.4, -0.2) is 62.9 Å². The number of aromatic hydroxyl groups is 1. The summed E-state index contributed by atoms with van der Waals surface area (Å²) in [4.78, 5) is 9.95. The topological polar surface area (TPSA) is 316 Å². The molecule has 0 heterocycles. The van der Waals surface area contributed by atoms with Crippen molar-refractivity contribution in [3.8, 4) is 5.75 Å². The van der Waals surface area contributed by atoms with Crippen molar-refractivity contribution in [2.75, 3.05) is 5.32 Å². The molecule has 294 valence electrons. The lowest BCUT2D eigenvalue weighted by molar-refractivity contribution is 0.102. The molecule has 0 fully saturated rings. The van der Waals surface area contributed by atoms with E-state index in [2.05, 4.69) is 25.8 Å². The minimum Gasteiger partial charge on any atom is -0.504 e. The van der Waals surface area contributed by atoms with Crippen molar-refractivity contribution in [3.63, 3.8) is 0 Å². The van der Waals surface area contributed by atoms with Crippen molar-refractivity contribution in [2.45, 2.75) is 26.5 Å². The van der Waals surface area contributed by atoms with E-state index in [1.165, 1.54) is 48.5 Å². The first-order valence-corrected chi connectivity index (χ1v) is 21.4. The van der Waals surface area contributed by atoms with Crippen LogP contribution in [0.3, 0.4) is 0 Å². The van der Waals surface area contributed by atoms with Crippen LogP contribution < -0.4 is 5.32 Å². The number of aryl methyl sites for hydroxylation is 1. The first kappa shape index (κ1) is 40.6. The van der Waals surface area contributed by atoms with Crippen LogP contribution >= 0.6 is 0 Å². The first-order valence-electron chi connectivity index (χ1n) is 15.6. The Morgan fingerprint density at radius 2 is 1.16 bits per heavy atom. The van der Waals surface area contributed by atoms with Crippen LogP contribution in [0.2, 0.25) is 0 Å². The van der Waals surface area contributed by atoms with Gasteiger partial charge in [0, 0.05) is 22.0 Å². The van der Waals surface area contributed by atoms with Crippen LogP contribution in [0.15, 0.2) is 137 Å². The molecule has 6 aromatic carbocycles. The van der Waals surface area contributed by atoms with Gasteiger partial charge in [0.1, 0.15) is 15.5 Å². The average Bonchev–Trinajstić information content (AvgIpc) is 3.11. The molecule has 6 rings (SSSR count). The van der Waals surface area contributed by atoms with Crippen LogP contribution in [-0.2, 0) is 40.5 Å². The molecule has 0 aromatic heterocycles. The quantitative estimate of drug-likeness (QED) is 0.0593. The highest BCUT2D eigenvalue weighted by molar-refractivity contribution is 7.87. The predicted octanol–water partition coefficient (Wildman–Crippen LogP) is 7.08. The zero-order valence-electron chi connectivity index (χ0n) is 28.6. The number of carbonyl (C=O) groups excluding carboxylic acids is 1. The Balaban J connectivity index is 1.19. The largest absolute Gasteiger partial charge is 0.504 e. The van der Waals surface area contributed by atoms with Crippen molar-refractivity contribution in [3.05, 3.63) is 108 Å². The summed E-state index contributed by atoms with van der Waals surface area (Å²) in [5, 5.41) is 29.4. The van der Waals surface area contributed by atoms with E-state index in [0.717, 1.165) is 30.3 Å². The molecule has 19 nitrogen and oxygen atoms in total. The molecule has 0 radical (unpaired) electrons. The van der Waals surface area contributed by atoms with Gasteiger partial charge < -0.3 is 10.4 Å². The summed E-state index contributed by atoms with van der Waals surface area (Å²) in [5.74, 6) is -1.51. The number of phenols is 1. The number of anilines is 1. The van der Waals surface area contributed by atoms with E-state index in [9.17, 15) is 61.8 Å². The Hall–Kier alpha value is -6.05. The molecule has 57 heavy (non-hydrogen) atoms. The molecule has 6 aromatic rings. The third-order valence-electron chi connectivity index (χ3n) is 8.17.